The van der Waals surface area contributed by atoms with Crippen LogP contribution in [0.4, 0.5) is 0 Å². The zero-order valence-electron chi connectivity index (χ0n) is 16.0. The molecule has 0 saturated heterocycles. The molecule has 0 aliphatic heterocycles. The molecule has 0 bridgehead atoms. The van der Waals surface area contributed by atoms with Crippen molar-refractivity contribution in [2.45, 2.75) is 53.4 Å². The number of carbonyl (C=O) groups is 2. The second-order valence-corrected chi connectivity index (χ2v) is 7.10. The summed E-state index contributed by atoms with van der Waals surface area (Å²) >= 11 is 0. The number of ether oxygens (including phenoxy) is 1. The molecule has 0 spiro atoms. The molecule has 26 heavy (non-hydrogen) atoms. The van der Waals surface area contributed by atoms with Crippen LogP contribution < -0.4 is 4.74 Å². The summed E-state index contributed by atoms with van der Waals surface area (Å²) in [5.74, 6) is 0.299. The van der Waals surface area contributed by atoms with Crippen LogP contribution in [0.5, 0.6) is 5.75 Å². The second-order valence-electron chi connectivity index (χ2n) is 7.10. The number of nitrogens with zero attached hydrogens (tertiary/aromatic N) is 2. The van der Waals surface area contributed by atoms with Gasteiger partial charge in [-0.25, -0.2) is 4.98 Å². The van der Waals surface area contributed by atoms with Crippen LogP contribution >= 0.6 is 0 Å². The first kappa shape index (κ1) is 19.9. The number of Topliss-reactive ketones (excluding diaryl/α,β-unsaturated/α-hetero) is 1. The monoisotopic (exact) mass is 360 g/mol. The molecule has 142 valence electrons. The van der Waals surface area contributed by atoms with E-state index in [1.165, 1.54) is 0 Å². The van der Waals surface area contributed by atoms with Crippen molar-refractivity contribution in [2.75, 3.05) is 6.61 Å². The lowest BCUT2D eigenvalue weighted by atomic mass is 9.88. The number of carboxylic acids is 1. The number of aromatic nitrogens is 2. The molecular weight excluding hydrogens is 332 g/mol. The third-order valence-corrected chi connectivity index (χ3v) is 4.40. The van der Waals surface area contributed by atoms with E-state index in [0.717, 1.165) is 6.42 Å². The summed E-state index contributed by atoms with van der Waals surface area (Å²) in [6.45, 7) is 8.44. The number of fused-ring (bicyclic) bond motifs is 1. The van der Waals surface area contributed by atoms with Gasteiger partial charge in [-0.2, -0.15) is 0 Å². The van der Waals surface area contributed by atoms with Gasteiger partial charge in [0.1, 0.15) is 5.69 Å². The predicted octanol–water partition coefficient (Wildman–Crippen LogP) is 4.14. The number of rotatable bonds is 10. The molecule has 0 aliphatic rings. The molecule has 0 unspecified atom stereocenters. The maximum atomic E-state index is 13.0. The Morgan fingerprint density at radius 1 is 1.35 bits per heavy atom. The molecule has 2 aromatic rings. The van der Waals surface area contributed by atoms with Gasteiger partial charge in [-0.05, 0) is 50.7 Å². The lowest BCUT2D eigenvalue weighted by molar-refractivity contribution is -0.137. The number of imidazole rings is 1. The summed E-state index contributed by atoms with van der Waals surface area (Å²) in [6, 6.07) is 3.68. The highest BCUT2D eigenvalue weighted by molar-refractivity contribution is 5.96. The molecule has 2 rings (SSSR count). The summed E-state index contributed by atoms with van der Waals surface area (Å²) in [4.78, 5) is 28.4. The van der Waals surface area contributed by atoms with Crippen LogP contribution in [0.3, 0.4) is 0 Å². The summed E-state index contributed by atoms with van der Waals surface area (Å²) < 4.78 is 7.39. The molecule has 1 N–H and O–H groups in total. The molecule has 0 amide bonds. The molecule has 2 aromatic heterocycles. The Morgan fingerprint density at radius 3 is 2.69 bits per heavy atom. The van der Waals surface area contributed by atoms with E-state index in [2.05, 4.69) is 18.8 Å². The van der Waals surface area contributed by atoms with Gasteiger partial charge in [0.15, 0.2) is 17.2 Å². The Morgan fingerprint density at radius 2 is 2.08 bits per heavy atom. The van der Waals surface area contributed by atoms with Crippen LogP contribution in [0.25, 0.3) is 5.65 Å². The van der Waals surface area contributed by atoms with Gasteiger partial charge in [0, 0.05) is 19.0 Å². The average molecular weight is 360 g/mol. The first-order valence-corrected chi connectivity index (χ1v) is 9.18. The standard InChI is InChI=1S/C20H28N2O4/c1-5-26-17-7-6-10-22-19(14(4)21-20(17)22)16(23)12-15(11-13(2)3)8-9-18(24)25/h6-7,10,13,15H,5,8-9,11-12H2,1-4H3,(H,24,25)/t15-/m0/s1. The van der Waals surface area contributed by atoms with E-state index >= 15 is 0 Å². The Hall–Kier alpha value is -2.37. The Kier molecular flexibility index (Phi) is 6.77. The van der Waals surface area contributed by atoms with E-state index in [1.54, 1.807) is 4.40 Å². The molecule has 0 saturated carbocycles. The third kappa shape index (κ3) is 4.84. The molecule has 0 fully saturated rings. The van der Waals surface area contributed by atoms with Crippen molar-refractivity contribution in [3.63, 3.8) is 0 Å². The molecule has 6 nitrogen and oxygen atoms in total. The summed E-state index contributed by atoms with van der Waals surface area (Å²) in [5.41, 5.74) is 1.87. The van der Waals surface area contributed by atoms with Crippen molar-refractivity contribution in [3.8, 4) is 5.75 Å². The van der Waals surface area contributed by atoms with E-state index in [-0.39, 0.29) is 18.1 Å². The Balaban J connectivity index is 2.28. The van der Waals surface area contributed by atoms with Crippen LogP contribution in [0.2, 0.25) is 0 Å². The number of hydrogen-bond donors (Lipinski definition) is 1. The number of carboxylic acid groups (broad SMARTS) is 1. The maximum absolute atomic E-state index is 13.0. The summed E-state index contributed by atoms with van der Waals surface area (Å²) in [5, 5.41) is 8.97. The van der Waals surface area contributed by atoms with E-state index < -0.39 is 5.97 Å². The van der Waals surface area contributed by atoms with Crippen molar-refractivity contribution >= 4 is 17.4 Å². The summed E-state index contributed by atoms with van der Waals surface area (Å²) in [7, 11) is 0. The molecule has 0 radical (unpaired) electrons. The van der Waals surface area contributed by atoms with Crippen LogP contribution in [-0.4, -0.2) is 32.9 Å². The highest BCUT2D eigenvalue weighted by atomic mass is 16.5. The van der Waals surface area contributed by atoms with Crippen molar-refractivity contribution in [1.82, 2.24) is 9.38 Å². The van der Waals surface area contributed by atoms with Gasteiger partial charge in [-0.3, -0.25) is 14.0 Å². The highest BCUT2D eigenvalue weighted by Crippen LogP contribution is 2.26. The minimum absolute atomic E-state index is 0.000290. The Labute approximate surface area is 154 Å². The molecular formula is C20H28N2O4. The zero-order valence-corrected chi connectivity index (χ0v) is 16.0. The van der Waals surface area contributed by atoms with Gasteiger partial charge in [-0.1, -0.05) is 13.8 Å². The van der Waals surface area contributed by atoms with Crippen LogP contribution in [-0.2, 0) is 4.79 Å². The molecule has 0 aliphatic carbocycles. The van der Waals surface area contributed by atoms with Crippen molar-refractivity contribution in [3.05, 3.63) is 29.7 Å². The number of aryl methyl sites for hydroxylation is 1. The fraction of sp³-hybridized carbons (Fsp3) is 0.550. The smallest absolute Gasteiger partial charge is 0.303 e. The van der Waals surface area contributed by atoms with Gasteiger partial charge in [0.05, 0.1) is 12.3 Å². The van der Waals surface area contributed by atoms with Crippen molar-refractivity contribution < 1.29 is 19.4 Å². The van der Waals surface area contributed by atoms with E-state index in [1.807, 2.05) is 32.2 Å². The molecule has 1 atom stereocenters. The first-order chi connectivity index (χ1) is 12.3. The van der Waals surface area contributed by atoms with E-state index in [0.29, 0.717) is 48.2 Å². The predicted molar refractivity (Wildman–Crippen MR) is 99.9 cm³/mol. The fourth-order valence-electron chi connectivity index (χ4n) is 3.42. The topological polar surface area (TPSA) is 80.9 Å². The average Bonchev–Trinajstić information content (AvgIpc) is 2.89. The fourth-order valence-corrected chi connectivity index (χ4v) is 3.42. The van der Waals surface area contributed by atoms with Gasteiger partial charge < -0.3 is 9.84 Å². The maximum Gasteiger partial charge on any atom is 0.303 e. The summed E-state index contributed by atoms with van der Waals surface area (Å²) in [6.07, 6.45) is 3.59. The van der Waals surface area contributed by atoms with Gasteiger partial charge in [0.2, 0.25) is 0 Å². The van der Waals surface area contributed by atoms with Gasteiger partial charge in [-0.15, -0.1) is 0 Å². The van der Waals surface area contributed by atoms with Crippen LogP contribution in [0.15, 0.2) is 18.3 Å². The minimum Gasteiger partial charge on any atom is -0.490 e. The minimum atomic E-state index is -0.821. The third-order valence-electron chi connectivity index (χ3n) is 4.40. The van der Waals surface area contributed by atoms with Gasteiger partial charge in [0.25, 0.3) is 0 Å². The zero-order chi connectivity index (χ0) is 19.3. The number of hydrogen-bond acceptors (Lipinski definition) is 4. The Bertz CT molecular complexity index is 779. The molecule has 6 heteroatoms. The number of aliphatic carboxylic acids is 1. The molecule has 2 heterocycles. The normalized spacial score (nSPS) is 12.5. The second kappa shape index (κ2) is 8.83. The largest absolute Gasteiger partial charge is 0.490 e. The van der Waals surface area contributed by atoms with Crippen LogP contribution in [0.1, 0.15) is 62.6 Å². The first-order valence-electron chi connectivity index (χ1n) is 9.18. The van der Waals surface area contributed by atoms with Gasteiger partial charge >= 0.3 is 5.97 Å². The molecule has 0 aromatic carbocycles. The number of ketones is 1. The quantitative estimate of drug-likeness (QED) is 0.644. The van der Waals surface area contributed by atoms with Crippen molar-refractivity contribution in [1.29, 1.82) is 0 Å². The lowest BCUT2D eigenvalue weighted by Crippen LogP contribution is -2.15. The number of carbonyl (C=O) groups excluding carboxylic acids is 1. The number of pyridine rings is 1. The SMILES string of the molecule is CCOc1cccn2c(C(=O)C[C@@H](CCC(=O)O)CC(C)C)c(C)nc12. The van der Waals surface area contributed by atoms with Crippen molar-refractivity contribution in [2.24, 2.45) is 11.8 Å². The van der Waals surface area contributed by atoms with Crippen LogP contribution in [0, 0.1) is 18.8 Å². The highest BCUT2D eigenvalue weighted by Gasteiger charge is 2.23. The van der Waals surface area contributed by atoms with E-state index in [4.69, 9.17) is 9.84 Å². The lowest BCUT2D eigenvalue weighted by Gasteiger charge is -2.17. The van der Waals surface area contributed by atoms with E-state index in [9.17, 15) is 9.59 Å².